The zero-order valence-electron chi connectivity index (χ0n) is 17.5. The average Bonchev–Trinajstić information content (AvgIpc) is 2.75. The van der Waals surface area contributed by atoms with Crippen LogP contribution in [-0.4, -0.2) is 59.8 Å². The molecule has 1 aliphatic heterocycles. The first-order valence-electron chi connectivity index (χ1n) is 10.2. The number of carbonyl (C=O) groups is 2. The molecule has 0 saturated carbocycles. The second-order valence-electron chi connectivity index (χ2n) is 7.48. The summed E-state index contributed by atoms with van der Waals surface area (Å²) in [4.78, 5) is 31.3. The Balaban J connectivity index is 1.58. The molecule has 1 saturated heterocycles. The molecule has 30 heavy (non-hydrogen) atoms. The highest BCUT2D eigenvalue weighted by Crippen LogP contribution is 2.23. The number of pyridine rings is 1. The van der Waals surface area contributed by atoms with Gasteiger partial charge < -0.3 is 4.90 Å². The van der Waals surface area contributed by atoms with E-state index in [1.807, 2.05) is 17.9 Å². The molecule has 2 aromatic rings. The molecule has 1 aromatic carbocycles. The standard InChI is InChI=1S/C22H28FN5O2/c1-17-8-9-20(15-24-17)25-28(16-29)21-7-3-5-19(22(21)23)6-4-10-26-11-13-27(14-12-26)18(2)30/h3,5,7-9,15-16,25H,4,6,10-14H2,1-2H3. The molecule has 0 atom stereocenters. The molecule has 7 nitrogen and oxygen atoms in total. The molecule has 0 unspecified atom stereocenters. The van der Waals surface area contributed by atoms with E-state index in [0.717, 1.165) is 49.8 Å². The van der Waals surface area contributed by atoms with E-state index in [4.69, 9.17) is 0 Å². The first-order valence-corrected chi connectivity index (χ1v) is 10.2. The highest BCUT2D eigenvalue weighted by Gasteiger charge is 2.19. The molecule has 2 amide bonds. The number of hydrogen-bond acceptors (Lipinski definition) is 5. The number of hydrogen-bond donors (Lipinski definition) is 1. The van der Waals surface area contributed by atoms with E-state index in [2.05, 4.69) is 15.3 Å². The lowest BCUT2D eigenvalue weighted by molar-refractivity contribution is -0.130. The first kappa shape index (κ1) is 21.7. The van der Waals surface area contributed by atoms with E-state index in [1.165, 1.54) is 0 Å². The molecular weight excluding hydrogens is 385 g/mol. The zero-order valence-corrected chi connectivity index (χ0v) is 17.5. The van der Waals surface area contributed by atoms with Gasteiger partial charge in [0.2, 0.25) is 12.3 Å². The normalized spacial score (nSPS) is 14.4. The molecule has 1 N–H and O–H groups in total. The Labute approximate surface area is 176 Å². The summed E-state index contributed by atoms with van der Waals surface area (Å²) >= 11 is 0. The van der Waals surface area contributed by atoms with Crippen LogP contribution in [0.1, 0.15) is 24.6 Å². The van der Waals surface area contributed by atoms with Crippen LogP contribution in [0.25, 0.3) is 0 Å². The van der Waals surface area contributed by atoms with Crippen LogP contribution in [0.3, 0.4) is 0 Å². The van der Waals surface area contributed by atoms with Crippen molar-refractivity contribution in [2.45, 2.75) is 26.7 Å². The third-order valence-electron chi connectivity index (χ3n) is 5.32. The van der Waals surface area contributed by atoms with Crippen LogP contribution in [0, 0.1) is 12.7 Å². The maximum absolute atomic E-state index is 15.1. The van der Waals surface area contributed by atoms with Gasteiger partial charge in [0.15, 0.2) is 5.82 Å². The molecule has 2 heterocycles. The number of halogens is 1. The molecular formula is C22H28FN5O2. The maximum Gasteiger partial charge on any atom is 0.232 e. The number of nitrogens with one attached hydrogen (secondary N) is 1. The van der Waals surface area contributed by atoms with Gasteiger partial charge in [-0.2, -0.15) is 0 Å². The minimum Gasteiger partial charge on any atom is -0.340 e. The van der Waals surface area contributed by atoms with Gasteiger partial charge in [-0.3, -0.25) is 24.9 Å². The van der Waals surface area contributed by atoms with Gasteiger partial charge in [0.25, 0.3) is 0 Å². The fraction of sp³-hybridized carbons (Fsp3) is 0.409. The molecule has 0 bridgehead atoms. The fourth-order valence-corrected chi connectivity index (χ4v) is 3.54. The third kappa shape index (κ3) is 5.54. The molecule has 3 rings (SSSR count). The van der Waals surface area contributed by atoms with Crippen LogP contribution in [0.15, 0.2) is 36.5 Å². The molecule has 160 valence electrons. The van der Waals surface area contributed by atoms with Crippen LogP contribution in [0.2, 0.25) is 0 Å². The Morgan fingerprint density at radius 1 is 1.23 bits per heavy atom. The molecule has 8 heteroatoms. The minimum atomic E-state index is -0.404. The van der Waals surface area contributed by atoms with Gasteiger partial charge in [-0.15, -0.1) is 0 Å². The number of anilines is 2. The Bertz CT molecular complexity index is 866. The fourth-order valence-electron chi connectivity index (χ4n) is 3.54. The van der Waals surface area contributed by atoms with Crippen LogP contribution in [-0.2, 0) is 16.0 Å². The summed E-state index contributed by atoms with van der Waals surface area (Å²) in [6.45, 7) is 7.48. The number of rotatable bonds is 8. The average molecular weight is 413 g/mol. The highest BCUT2D eigenvalue weighted by molar-refractivity contribution is 5.79. The van der Waals surface area contributed by atoms with E-state index in [1.54, 1.807) is 37.4 Å². The molecule has 1 aliphatic rings. The molecule has 0 spiro atoms. The van der Waals surface area contributed by atoms with E-state index in [-0.39, 0.29) is 11.6 Å². The van der Waals surface area contributed by atoms with Crippen LogP contribution < -0.4 is 10.4 Å². The van der Waals surface area contributed by atoms with Gasteiger partial charge in [0, 0.05) is 38.8 Å². The Morgan fingerprint density at radius 2 is 2.00 bits per heavy atom. The zero-order chi connectivity index (χ0) is 21.5. The van der Waals surface area contributed by atoms with E-state index in [0.29, 0.717) is 24.1 Å². The Hall–Kier alpha value is -3.00. The van der Waals surface area contributed by atoms with Crippen LogP contribution >= 0.6 is 0 Å². The SMILES string of the molecule is CC(=O)N1CCN(CCCc2cccc(N(C=O)Nc3ccc(C)nc3)c2F)CC1. The third-order valence-corrected chi connectivity index (χ3v) is 5.32. The first-order chi connectivity index (χ1) is 14.5. The van der Waals surface area contributed by atoms with Gasteiger partial charge >= 0.3 is 0 Å². The lowest BCUT2D eigenvalue weighted by atomic mass is 10.1. The van der Waals surface area contributed by atoms with Gasteiger partial charge in [-0.1, -0.05) is 12.1 Å². The summed E-state index contributed by atoms with van der Waals surface area (Å²) in [5, 5.41) is 1.13. The van der Waals surface area contributed by atoms with Gasteiger partial charge in [-0.05, 0) is 50.1 Å². The number of aryl methyl sites for hydroxylation is 2. The van der Waals surface area contributed by atoms with E-state index < -0.39 is 5.82 Å². The number of nitrogens with zero attached hydrogens (tertiary/aromatic N) is 4. The second kappa shape index (κ2) is 10.2. The molecule has 0 aliphatic carbocycles. The summed E-state index contributed by atoms with van der Waals surface area (Å²) < 4.78 is 15.1. The Kier molecular flexibility index (Phi) is 7.35. The van der Waals surface area contributed by atoms with Crippen molar-refractivity contribution >= 4 is 23.7 Å². The largest absolute Gasteiger partial charge is 0.340 e. The minimum absolute atomic E-state index is 0.114. The summed E-state index contributed by atoms with van der Waals surface area (Å²) in [6.07, 6.45) is 3.53. The maximum atomic E-state index is 15.1. The Morgan fingerprint density at radius 3 is 2.63 bits per heavy atom. The van der Waals surface area contributed by atoms with Crippen molar-refractivity contribution < 1.29 is 14.0 Å². The van der Waals surface area contributed by atoms with Gasteiger partial charge in [-0.25, -0.2) is 9.40 Å². The van der Waals surface area contributed by atoms with Crippen molar-refractivity contribution in [3.05, 3.63) is 53.6 Å². The van der Waals surface area contributed by atoms with Crippen LogP contribution in [0.5, 0.6) is 0 Å². The number of hydrazine groups is 1. The number of aromatic nitrogens is 1. The van der Waals surface area contributed by atoms with E-state index >= 15 is 4.39 Å². The highest BCUT2D eigenvalue weighted by atomic mass is 19.1. The van der Waals surface area contributed by atoms with Crippen molar-refractivity contribution in [2.75, 3.05) is 43.2 Å². The van der Waals surface area contributed by atoms with Crippen molar-refractivity contribution in [3.8, 4) is 0 Å². The lowest BCUT2D eigenvalue weighted by Gasteiger charge is -2.34. The topological polar surface area (TPSA) is 68.8 Å². The predicted molar refractivity (Wildman–Crippen MR) is 115 cm³/mol. The van der Waals surface area contributed by atoms with Crippen molar-refractivity contribution in [1.82, 2.24) is 14.8 Å². The summed E-state index contributed by atoms with van der Waals surface area (Å²) in [5.74, 6) is -0.290. The summed E-state index contributed by atoms with van der Waals surface area (Å²) in [5.41, 5.74) is 5.09. The van der Waals surface area contributed by atoms with Gasteiger partial charge in [0.05, 0.1) is 11.9 Å². The monoisotopic (exact) mass is 413 g/mol. The number of benzene rings is 1. The van der Waals surface area contributed by atoms with Gasteiger partial charge in [0.1, 0.15) is 5.69 Å². The molecule has 0 radical (unpaired) electrons. The quantitative estimate of drug-likeness (QED) is 0.532. The smallest absolute Gasteiger partial charge is 0.232 e. The number of carbonyl (C=O) groups excluding carboxylic acids is 2. The lowest BCUT2D eigenvalue weighted by Crippen LogP contribution is -2.48. The molecule has 1 aromatic heterocycles. The predicted octanol–water partition coefficient (Wildman–Crippen LogP) is 2.62. The number of amides is 2. The summed E-state index contributed by atoms with van der Waals surface area (Å²) in [6, 6.07) is 8.68. The van der Waals surface area contributed by atoms with E-state index in [9.17, 15) is 9.59 Å². The molecule has 1 fully saturated rings. The number of piperazine rings is 1. The second-order valence-corrected chi connectivity index (χ2v) is 7.48. The summed E-state index contributed by atoms with van der Waals surface area (Å²) in [7, 11) is 0. The van der Waals surface area contributed by atoms with Crippen molar-refractivity contribution in [3.63, 3.8) is 0 Å². The van der Waals surface area contributed by atoms with Crippen molar-refractivity contribution in [2.24, 2.45) is 0 Å². The van der Waals surface area contributed by atoms with Crippen LogP contribution in [0.4, 0.5) is 15.8 Å². The van der Waals surface area contributed by atoms with Crippen molar-refractivity contribution in [1.29, 1.82) is 0 Å².